The second kappa shape index (κ2) is 7.00. The van der Waals surface area contributed by atoms with Gasteiger partial charge in [0.2, 0.25) is 0 Å². The maximum atomic E-state index is 12.2. The third kappa shape index (κ3) is 3.18. The standard InChI is InChI=1S/C20H18N2O4/c1-2-5-17-21-18(26-22-17)12-25-19(23)10-14-11-24-16-9-8-13-6-3-4-7-15(13)20(14)16/h3-4,6-9,11H,2,5,10,12H2,1H3. The summed E-state index contributed by atoms with van der Waals surface area (Å²) in [6.45, 7) is 2.01. The SMILES string of the molecule is CCCc1noc(COC(=O)Cc2coc3ccc4ccccc4c23)n1. The van der Waals surface area contributed by atoms with E-state index in [1.54, 1.807) is 6.26 Å². The Morgan fingerprint density at radius 2 is 2.08 bits per heavy atom. The molecule has 0 atom stereocenters. The fourth-order valence-corrected chi connectivity index (χ4v) is 3.03. The van der Waals surface area contributed by atoms with Gasteiger partial charge in [-0.3, -0.25) is 4.79 Å². The molecule has 0 bridgehead atoms. The number of nitrogens with zero attached hydrogens (tertiary/aromatic N) is 2. The minimum Gasteiger partial charge on any atom is -0.464 e. The Balaban J connectivity index is 1.49. The van der Waals surface area contributed by atoms with Crippen molar-refractivity contribution in [3.8, 4) is 0 Å². The minimum atomic E-state index is -0.365. The molecule has 0 aliphatic heterocycles. The number of hydrogen-bond acceptors (Lipinski definition) is 6. The van der Waals surface area contributed by atoms with E-state index < -0.39 is 0 Å². The predicted octanol–water partition coefficient (Wildman–Crippen LogP) is 4.21. The van der Waals surface area contributed by atoms with Crippen molar-refractivity contribution in [1.82, 2.24) is 10.1 Å². The van der Waals surface area contributed by atoms with Gasteiger partial charge < -0.3 is 13.7 Å². The molecule has 0 fully saturated rings. The fraction of sp³-hybridized carbons (Fsp3) is 0.250. The lowest BCUT2D eigenvalue weighted by Crippen LogP contribution is -2.08. The van der Waals surface area contributed by atoms with Gasteiger partial charge in [0.25, 0.3) is 5.89 Å². The lowest BCUT2D eigenvalue weighted by atomic mass is 10.0. The van der Waals surface area contributed by atoms with Crippen LogP contribution in [0.15, 0.2) is 51.6 Å². The molecule has 0 aliphatic rings. The highest BCUT2D eigenvalue weighted by atomic mass is 16.6. The van der Waals surface area contributed by atoms with Crippen molar-refractivity contribution in [2.24, 2.45) is 0 Å². The number of fused-ring (bicyclic) bond motifs is 3. The maximum absolute atomic E-state index is 12.2. The average molecular weight is 350 g/mol. The third-order valence-corrected chi connectivity index (χ3v) is 4.22. The first kappa shape index (κ1) is 16.3. The van der Waals surface area contributed by atoms with Crippen LogP contribution in [-0.4, -0.2) is 16.1 Å². The zero-order chi connectivity index (χ0) is 17.9. The molecule has 6 heteroatoms. The molecule has 0 saturated carbocycles. The largest absolute Gasteiger partial charge is 0.464 e. The lowest BCUT2D eigenvalue weighted by Gasteiger charge is -2.03. The highest BCUT2D eigenvalue weighted by Gasteiger charge is 2.15. The molecule has 0 radical (unpaired) electrons. The Bertz CT molecular complexity index is 1060. The summed E-state index contributed by atoms with van der Waals surface area (Å²) in [5.74, 6) is 0.575. The van der Waals surface area contributed by atoms with Crippen LogP contribution in [-0.2, 0) is 29.0 Å². The summed E-state index contributed by atoms with van der Waals surface area (Å²) in [5, 5.41) is 6.95. The Morgan fingerprint density at radius 3 is 2.96 bits per heavy atom. The summed E-state index contributed by atoms with van der Waals surface area (Å²) in [7, 11) is 0. The van der Waals surface area contributed by atoms with Crippen LogP contribution in [0.1, 0.15) is 30.6 Å². The van der Waals surface area contributed by atoms with Gasteiger partial charge in [0.05, 0.1) is 12.7 Å². The van der Waals surface area contributed by atoms with Crippen molar-refractivity contribution in [2.75, 3.05) is 0 Å². The summed E-state index contributed by atoms with van der Waals surface area (Å²) in [6, 6.07) is 11.9. The van der Waals surface area contributed by atoms with Gasteiger partial charge in [-0.2, -0.15) is 4.98 Å². The van der Waals surface area contributed by atoms with Gasteiger partial charge in [-0.25, -0.2) is 0 Å². The molecule has 4 rings (SSSR count). The van der Waals surface area contributed by atoms with Crippen molar-refractivity contribution in [3.63, 3.8) is 0 Å². The Morgan fingerprint density at radius 1 is 1.19 bits per heavy atom. The number of carbonyl (C=O) groups is 1. The first-order valence-corrected chi connectivity index (χ1v) is 8.59. The quantitative estimate of drug-likeness (QED) is 0.485. The second-order valence-corrected chi connectivity index (χ2v) is 6.11. The van der Waals surface area contributed by atoms with E-state index in [0.717, 1.165) is 40.1 Å². The van der Waals surface area contributed by atoms with E-state index in [9.17, 15) is 4.79 Å². The lowest BCUT2D eigenvalue weighted by molar-refractivity contribution is -0.144. The molecule has 2 aromatic carbocycles. The van der Waals surface area contributed by atoms with Crippen LogP contribution in [0.25, 0.3) is 21.7 Å². The smallest absolute Gasteiger partial charge is 0.310 e. The summed E-state index contributed by atoms with van der Waals surface area (Å²) < 4.78 is 16.0. The van der Waals surface area contributed by atoms with Gasteiger partial charge in [-0.05, 0) is 23.3 Å². The zero-order valence-corrected chi connectivity index (χ0v) is 14.4. The van der Waals surface area contributed by atoms with Crippen molar-refractivity contribution in [3.05, 3.63) is 59.9 Å². The van der Waals surface area contributed by atoms with Crippen molar-refractivity contribution in [2.45, 2.75) is 32.8 Å². The summed E-state index contributed by atoms with van der Waals surface area (Å²) >= 11 is 0. The van der Waals surface area contributed by atoms with Gasteiger partial charge in [0.15, 0.2) is 12.4 Å². The van der Waals surface area contributed by atoms with E-state index in [2.05, 4.69) is 10.1 Å². The molecule has 0 N–H and O–H groups in total. The molecule has 2 aromatic heterocycles. The molecular formula is C20H18N2O4. The Hall–Kier alpha value is -3.15. The van der Waals surface area contributed by atoms with Crippen molar-refractivity contribution < 1.29 is 18.5 Å². The summed E-state index contributed by atoms with van der Waals surface area (Å²) in [4.78, 5) is 16.4. The van der Waals surface area contributed by atoms with Crippen LogP contribution in [0.4, 0.5) is 0 Å². The van der Waals surface area contributed by atoms with E-state index in [4.69, 9.17) is 13.7 Å². The number of aromatic nitrogens is 2. The molecule has 132 valence electrons. The first-order chi connectivity index (χ1) is 12.7. The van der Waals surface area contributed by atoms with E-state index in [-0.39, 0.29) is 19.0 Å². The Kier molecular flexibility index (Phi) is 4.39. The number of furan rings is 1. The molecule has 0 unspecified atom stereocenters. The number of aryl methyl sites for hydroxylation is 1. The highest BCUT2D eigenvalue weighted by molar-refractivity contribution is 6.08. The van der Waals surface area contributed by atoms with Gasteiger partial charge in [-0.15, -0.1) is 0 Å². The van der Waals surface area contributed by atoms with Crippen LogP contribution >= 0.6 is 0 Å². The number of rotatable bonds is 6. The predicted molar refractivity (Wildman–Crippen MR) is 95.5 cm³/mol. The van der Waals surface area contributed by atoms with Gasteiger partial charge in [0.1, 0.15) is 5.58 Å². The average Bonchev–Trinajstić information content (AvgIpc) is 3.27. The Labute approximate surface area is 149 Å². The molecule has 4 aromatic rings. The molecule has 0 spiro atoms. The zero-order valence-electron chi connectivity index (χ0n) is 14.4. The van der Waals surface area contributed by atoms with Crippen LogP contribution < -0.4 is 0 Å². The van der Waals surface area contributed by atoms with E-state index in [0.29, 0.717) is 11.7 Å². The molecule has 6 nitrogen and oxygen atoms in total. The summed E-state index contributed by atoms with van der Waals surface area (Å²) in [6.07, 6.45) is 3.41. The van der Waals surface area contributed by atoms with Crippen molar-refractivity contribution in [1.29, 1.82) is 0 Å². The molecule has 2 heterocycles. The van der Waals surface area contributed by atoms with Crippen LogP contribution in [0.5, 0.6) is 0 Å². The van der Waals surface area contributed by atoms with E-state index in [1.165, 1.54) is 0 Å². The molecule has 26 heavy (non-hydrogen) atoms. The van der Waals surface area contributed by atoms with Gasteiger partial charge >= 0.3 is 5.97 Å². The number of esters is 1. The van der Waals surface area contributed by atoms with Gasteiger partial charge in [-0.1, -0.05) is 42.4 Å². The molecule has 0 amide bonds. The maximum Gasteiger partial charge on any atom is 0.310 e. The van der Waals surface area contributed by atoms with Gasteiger partial charge in [0, 0.05) is 17.4 Å². The van der Waals surface area contributed by atoms with Crippen LogP contribution in [0.2, 0.25) is 0 Å². The second-order valence-electron chi connectivity index (χ2n) is 6.11. The highest BCUT2D eigenvalue weighted by Crippen LogP contribution is 2.30. The minimum absolute atomic E-state index is 0.0217. The number of hydrogen-bond donors (Lipinski definition) is 0. The third-order valence-electron chi connectivity index (χ3n) is 4.22. The normalized spacial score (nSPS) is 11.3. The topological polar surface area (TPSA) is 78.4 Å². The monoisotopic (exact) mass is 350 g/mol. The van der Waals surface area contributed by atoms with E-state index >= 15 is 0 Å². The number of benzene rings is 2. The first-order valence-electron chi connectivity index (χ1n) is 8.59. The van der Waals surface area contributed by atoms with Crippen molar-refractivity contribution >= 4 is 27.7 Å². The molecule has 0 saturated heterocycles. The molecular weight excluding hydrogens is 332 g/mol. The summed E-state index contributed by atoms with van der Waals surface area (Å²) in [5.41, 5.74) is 1.56. The van der Waals surface area contributed by atoms with Crippen LogP contribution in [0, 0.1) is 0 Å². The molecule has 0 aliphatic carbocycles. The van der Waals surface area contributed by atoms with Crippen LogP contribution in [0.3, 0.4) is 0 Å². The fourth-order valence-electron chi connectivity index (χ4n) is 3.03. The number of carbonyl (C=O) groups excluding carboxylic acids is 1. The number of ether oxygens (including phenoxy) is 1. The van der Waals surface area contributed by atoms with E-state index in [1.807, 2.05) is 43.3 Å².